The zero-order valence-corrected chi connectivity index (χ0v) is 70.7. The Hall–Kier alpha value is -12.8. The third-order valence-corrected chi connectivity index (χ3v) is 24.3. The van der Waals surface area contributed by atoms with Gasteiger partial charge in [-0.2, -0.15) is 8.42 Å². The highest BCUT2D eigenvalue weighted by atomic mass is 32.2. The van der Waals surface area contributed by atoms with Crippen LogP contribution in [0.15, 0.2) is 302 Å². The van der Waals surface area contributed by atoms with E-state index >= 15 is 0 Å². The van der Waals surface area contributed by atoms with E-state index in [0.717, 1.165) is 57.6 Å². The second-order valence-electron chi connectivity index (χ2n) is 26.6. The van der Waals surface area contributed by atoms with Crippen LogP contribution in [0, 0.1) is 34.6 Å². The minimum absolute atomic E-state index is 0.0448. The summed E-state index contributed by atoms with van der Waals surface area (Å²) in [4.78, 5) is 80.7. The zero-order valence-electron chi connectivity index (χ0n) is 65.8. The Bertz CT molecular complexity index is 6030. The first-order valence-corrected chi connectivity index (χ1v) is 45.2. The Kier molecular flexibility index (Phi) is 35.1. The average Bonchev–Trinajstić information content (AvgIpc) is 0.763. The lowest BCUT2D eigenvalue weighted by atomic mass is 10.0. The third-order valence-electron chi connectivity index (χ3n) is 16.8. The van der Waals surface area contributed by atoms with Crippen molar-refractivity contribution in [3.05, 3.63) is 317 Å². The number of aryl methyl sites for hydroxylation is 6. The molecule has 0 atom stereocenters. The van der Waals surface area contributed by atoms with Gasteiger partial charge in [-0.1, -0.05) is 143 Å². The van der Waals surface area contributed by atoms with Crippen molar-refractivity contribution < 1.29 is 98.8 Å². The van der Waals surface area contributed by atoms with Crippen LogP contribution in [0.1, 0.15) is 60.5 Å². The van der Waals surface area contributed by atoms with Crippen LogP contribution in [-0.4, -0.2) is 133 Å². The minimum Gasteiger partial charge on any atom is -0.478 e. The van der Waals surface area contributed by atoms with E-state index in [1.165, 1.54) is 145 Å². The van der Waals surface area contributed by atoms with Crippen LogP contribution in [0.2, 0.25) is 0 Å². The molecule has 0 radical (unpaired) electrons. The molecule has 14 N–H and O–H groups in total. The van der Waals surface area contributed by atoms with Crippen LogP contribution >= 0.6 is 0 Å². The van der Waals surface area contributed by atoms with Gasteiger partial charge >= 0.3 is 11.9 Å². The number of carbonyl (C=O) groups is 7. The van der Waals surface area contributed by atoms with Crippen molar-refractivity contribution in [3.63, 3.8) is 0 Å². The molecule has 0 unspecified atom stereocenters. The molecule has 0 heterocycles. The summed E-state index contributed by atoms with van der Waals surface area (Å²) >= 11 is 0. The van der Waals surface area contributed by atoms with Crippen LogP contribution in [-0.2, 0) is 90.6 Å². The standard InChI is InChI=1S/C22H20N2O5S.C16H16N2O5S.C16H17NO.C15H17N3O5S2.C15H16N2O6S2/c1-15-2-4-16(5-3-15)17-8-12-20(13-9-17)30(28,29)23-14-21(25)24-19-10-6-18(7-11-19)22(26)27;1-11-2-8-14(9-3-11)24(22,23)17-10-15(19)18-13-6-4-12(5-7-13)16(20)21;1-13-7-10-15(11-8-13)17-16(18)12-9-14-5-3-2-4-6-14;1-11-2-6-14(7-3-11)25(22,23)17-10-15(19)18-12-4-8-13(9-5-12)24(16,20)21;1-11-2-6-13(7-3-11)24(19,20)16-10-15(18)17-12-4-8-14(9-5-12)25(21,22)23/h2-13,23H,14H2,1H3,(H,24,25)(H,26,27);2-9,17H,10H2,1H3,(H,18,19)(H,20,21);2-8,10-11H,9,12H2,1H3,(H,17,18);2-9,17H,10H2,1H3,(H,18,19)(H2,16,20,21);2-9,16H,10H2,1H3,(H,17,18)(H,21,22,23). The van der Waals surface area contributed by atoms with Crippen molar-refractivity contribution in [1.29, 1.82) is 0 Å². The highest BCUT2D eigenvalue weighted by Gasteiger charge is 2.21. The predicted molar refractivity (Wildman–Crippen MR) is 461 cm³/mol. The maximum atomic E-state index is 12.4. The molecule has 122 heavy (non-hydrogen) atoms. The Morgan fingerprint density at radius 3 is 0.770 bits per heavy atom. The summed E-state index contributed by atoms with van der Waals surface area (Å²) in [6, 6.07) is 71.8. The molecule has 5 amide bonds. The molecule has 0 bridgehead atoms. The van der Waals surface area contributed by atoms with E-state index in [9.17, 15) is 84.1 Å². The summed E-state index contributed by atoms with van der Waals surface area (Å²) in [6.07, 6.45) is 1.29. The van der Waals surface area contributed by atoms with E-state index in [2.05, 4.69) is 45.5 Å². The van der Waals surface area contributed by atoms with Crippen molar-refractivity contribution in [2.24, 2.45) is 5.14 Å². The monoisotopic (exact) mass is 1780 g/mol. The van der Waals surface area contributed by atoms with E-state index in [4.69, 9.17) is 19.9 Å². The topological polar surface area (TPSA) is 519 Å². The molecular formula is C84H86N10O22S6. The van der Waals surface area contributed by atoms with E-state index in [1.807, 2.05) is 113 Å². The molecule has 0 fully saturated rings. The first kappa shape index (κ1) is 96.3. The molecule has 0 spiro atoms. The highest BCUT2D eigenvalue weighted by Crippen LogP contribution is 2.24. The quantitative estimate of drug-likeness (QED) is 0.0194. The molecule has 0 aliphatic carbocycles. The molecular weight excluding hydrogens is 1690 g/mol. The summed E-state index contributed by atoms with van der Waals surface area (Å²) in [5.74, 6) is -4.45. The molecule has 11 rings (SSSR count). The SMILES string of the molecule is Cc1ccc(-c2ccc(S(=O)(=O)NCC(=O)Nc3ccc(C(=O)O)cc3)cc2)cc1.Cc1ccc(NC(=O)CCc2ccccc2)cc1.Cc1ccc(S(=O)(=O)NCC(=O)Nc2ccc(C(=O)O)cc2)cc1.Cc1ccc(S(=O)(=O)NCC(=O)Nc2ccc(S(=O)(=O)O)cc2)cc1.Cc1ccc(S(=O)(=O)NCC(=O)Nc2ccc(S(N)(=O)=O)cc2)cc1. The summed E-state index contributed by atoms with van der Waals surface area (Å²) in [6.45, 7) is 7.67. The average molecular weight is 1780 g/mol. The number of nitrogens with two attached hydrogens (primary N) is 1. The van der Waals surface area contributed by atoms with Crippen molar-refractivity contribution in [2.75, 3.05) is 52.8 Å². The number of hydrogen-bond donors (Lipinski definition) is 13. The maximum Gasteiger partial charge on any atom is 0.335 e. The number of hydrogen-bond acceptors (Lipinski definition) is 19. The van der Waals surface area contributed by atoms with Gasteiger partial charge in [0.15, 0.2) is 0 Å². The largest absolute Gasteiger partial charge is 0.478 e. The Balaban J connectivity index is 0.000000211. The van der Waals surface area contributed by atoms with Gasteiger partial charge < -0.3 is 36.8 Å². The number of sulfonamides is 5. The van der Waals surface area contributed by atoms with Gasteiger partial charge in [0, 0.05) is 34.9 Å². The minimum atomic E-state index is -4.32. The van der Waals surface area contributed by atoms with Gasteiger partial charge in [-0.15, -0.1) is 0 Å². The third kappa shape index (κ3) is 32.7. The van der Waals surface area contributed by atoms with Crippen LogP contribution in [0.25, 0.3) is 11.1 Å². The Morgan fingerprint density at radius 1 is 0.279 bits per heavy atom. The van der Waals surface area contributed by atoms with Crippen LogP contribution in [0.4, 0.5) is 28.4 Å². The number of primary sulfonamides is 1. The van der Waals surface area contributed by atoms with Crippen molar-refractivity contribution in [2.45, 2.75) is 76.8 Å². The summed E-state index contributed by atoms with van der Waals surface area (Å²) < 4.78 is 159. The number of anilines is 5. The van der Waals surface area contributed by atoms with Crippen molar-refractivity contribution in [1.82, 2.24) is 18.9 Å². The summed E-state index contributed by atoms with van der Waals surface area (Å²) in [5, 5.41) is 35.4. The van der Waals surface area contributed by atoms with Gasteiger partial charge in [-0.25, -0.2) is 75.7 Å². The van der Waals surface area contributed by atoms with E-state index in [0.29, 0.717) is 23.5 Å². The van der Waals surface area contributed by atoms with E-state index < -0.39 is 122 Å². The molecule has 0 saturated carbocycles. The number of carboxylic acids is 2. The lowest BCUT2D eigenvalue weighted by Crippen LogP contribution is -2.32. The second kappa shape index (κ2) is 44.5. The van der Waals surface area contributed by atoms with Crippen molar-refractivity contribution >= 4 is 130 Å². The van der Waals surface area contributed by atoms with Crippen LogP contribution < -0.4 is 50.6 Å². The van der Waals surface area contributed by atoms with Gasteiger partial charge in [0.25, 0.3) is 10.1 Å². The van der Waals surface area contributed by atoms with E-state index in [-0.39, 0.29) is 52.1 Å². The molecule has 0 aliphatic rings. The normalized spacial score (nSPS) is 11.3. The fourth-order valence-electron chi connectivity index (χ4n) is 10.1. The van der Waals surface area contributed by atoms with Gasteiger partial charge in [0.05, 0.1) is 66.7 Å². The smallest absolute Gasteiger partial charge is 0.335 e. The molecule has 32 nitrogen and oxygen atoms in total. The Labute approximate surface area is 706 Å². The second-order valence-corrected chi connectivity index (χ2v) is 36.6. The summed E-state index contributed by atoms with van der Waals surface area (Å²) in [7, 11) is -23.4. The lowest BCUT2D eigenvalue weighted by molar-refractivity contribution is -0.116. The fraction of sp³-hybridized carbons (Fsp3) is 0.131. The van der Waals surface area contributed by atoms with Crippen molar-refractivity contribution in [3.8, 4) is 11.1 Å². The predicted octanol–water partition coefficient (Wildman–Crippen LogP) is 10.2. The lowest BCUT2D eigenvalue weighted by Gasteiger charge is -2.09. The van der Waals surface area contributed by atoms with Gasteiger partial charge in [0.1, 0.15) is 0 Å². The molecule has 640 valence electrons. The number of amides is 5. The number of carbonyl (C=O) groups excluding carboxylic acids is 5. The van der Waals surface area contributed by atoms with Gasteiger partial charge in [-0.3, -0.25) is 28.5 Å². The number of nitrogens with one attached hydrogen (secondary N) is 9. The molecule has 11 aromatic carbocycles. The Morgan fingerprint density at radius 2 is 0.500 bits per heavy atom. The van der Waals surface area contributed by atoms with E-state index in [1.54, 1.807) is 48.5 Å². The zero-order chi connectivity index (χ0) is 89.6. The first-order chi connectivity index (χ1) is 57.4. The number of carboxylic acid groups (broad SMARTS) is 2. The van der Waals surface area contributed by atoms with Gasteiger partial charge in [-0.05, 0) is 215 Å². The molecule has 38 heteroatoms. The number of aromatic carboxylic acids is 2. The first-order valence-electron chi connectivity index (χ1n) is 36.2. The van der Waals surface area contributed by atoms with Crippen LogP contribution in [0.3, 0.4) is 0 Å². The molecule has 0 aliphatic heterocycles. The maximum absolute atomic E-state index is 12.4. The fourth-order valence-corrected chi connectivity index (χ4v) is 15.0. The molecule has 11 aromatic rings. The van der Waals surface area contributed by atoms with Gasteiger partial charge in [0.2, 0.25) is 79.7 Å². The molecule has 0 aromatic heterocycles. The van der Waals surface area contributed by atoms with Crippen LogP contribution in [0.5, 0.6) is 0 Å². The summed E-state index contributed by atoms with van der Waals surface area (Å²) in [5.41, 5.74) is 10.5. The number of benzene rings is 11. The molecule has 0 saturated heterocycles. The highest BCUT2D eigenvalue weighted by molar-refractivity contribution is 7.90. The number of rotatable bonds is 29.